The van der Waals surface area contributed by atoms with E-state index in [1.807, 2.05) is 155 Å². The van der Waals surface area contributed by atoms with E-state index in [4.69, 9.17) is 8.53 Å². The zero-order valence-electron chi connectivity index (χ0n) is 57.7. The minimum absolute atomic E-state index is 0.610. The van der Waals surface area contributed by atoms with Gasteiger partial charge in [0.25, 0.3) is 44.8 Å². The molecule has 0 saturated heterocycles. The highest BCUT2D eigenvalue weighted by Gasteiger charge is 2.41. The fourth-order valence-electron chi connectivity index (χ4n) is 15.9. The van der Waals surface area contributed by atoms with Crippen LogP contribution in [-0.2, 0) is 46.7 Å². The molecule has 5 aliphatic rings. The highest BCUT2D eigenvalue weighted by molar-refractivity contribution is 7.20. The van der Waals surface area contributed by atoms with Gasteiger partial charge in [-0.3, -0.25) is 37.7 Å². The molecular weight excluding hydrogens is 1310 g/mol. The Kier molecular flexibility index (Phi) is 11.5. The van der Waals surface area contributed by atoms with Crippen LogP contribution in [0.4, 0.5) is 0 Å². The zero-order valence-corrected chi connectivity index (χ0v) is 55.5. The number of aromatic nitrogens is 23. The van der Waals surface area contributed by atoms with Gasteiger partial charge >= 0.3 is 11.7 Å². The summed E-state index contributed by atoms with van der Waals surface area (Å²) in [5, 5.41) is 1.26. The van der Waals surface area contributed by atoms with Gasteiger partial charge < -0.3 is 4.42 Å². The molecule has 0 bridgehead atoms. The van der Waals surface area contributed by atoms with E-state index in [1.54, 1.807) is 42.5 Å². The number of hydrogen-bond acceptors (Lipinski definition) is 12. The monoisotopic (exact) mass is 1370 g/mol. The van der Waals surface area contributed by atoms with Crippen molar-refractivity contribution in [2.75, 3.05) is 0 Å². The van der Waals surface area contributed by atoms with Gasteiger partial charge in [0.15, 0.2) is 57.9 Å². The lowest BCUT2D eigenvalue weighted by Gasteiger charge is -2.02. The van der Waals surface area contributed by atoms with E-state index in [0.29, 0.717) is 17.9 Å². The van der Waals surface area contributed by atoms with E-state index in [1.165, 1.54) is 64.7 Å². The molecule has 24 nitrogen and oxygen atoms in total. The first-order valence-electron chi connectivity index (χ1n) is 35.1. The summed E-state index contributed by atoms with van der Waals surface area (Å²) in [5.74, 6) is 3.78. The van der Waals surface area contributed by atoms with E-state index < -0.39 is 6.98 Å². The number of aryl methyl sites for hydroxylation is 2. The fourth-order valence-corrected chi connectivity index (χ4v) is 17.2. The molecule has 0 amide bonds. The van der Waals surface area contributed by atoms with Gasteiger partial charge in [-0.2, -0.15) is 9.13 Å². The Morgan fingerprint density at radius 1 is 0.437 bits per heavy atom. The molecule has 0 saturated carbocycles. The summed E-state index contributed by atoms with van der Waals surface area (Å²) in [6, 6.07) is 43.3. The van der Waals surface area contributed by atoms with Gasteiger partial charge in [0, 0.05) is 121 Å². The summed E-state index contributed by atoms with van der Waals surface area (Å²) in [6.07, 6.45) is 35.3. The van der Waals surface area contributed by atoms with Crippen molar-refractivity contribution in [1.82, 2.24) is 85.5 Å². The van der Waals surface area contributed by atoms with Crippen LogP contribution in [0.1, 0.15) is 31.9 Å². The van der Waals surface area contributed by atoms with Gasteiger partial charge in [-0.1, -0.05) is 36.4 Å². The van der Waals surface area contributed by atoms with Crippen LogP contribution in [0.3, 0.4) is 0 Å². The standard InChI is InChI=1S/C20H14N5.2C15H12N5.C14H9N4O.C14H9N4S/c1-2-6-15(7-3-1)25-19-17(11-16-12-21-9-10-23(16)19)24-13-14-5-4-8-22-18(14)20(24)25;1-18-12-7-11-4-6-16-9-20(11)14(12)19-8-10-3-2-5-17-13(10)15(18)19;1-18-14-12(7-11-8-16-5-6-19(11)14)20-9-10-3-2-4-17-13(10)15(18)20;2*1-2-9-8-18-11-6-10-7-15-4-5-17(10)13(11)19-14(18)12(9)16-3-1/h1-12H,13H2;2-7,9H,8H2,1H3;2-8H,9H2,1H3;2*1-7H,8H2/q5*+1/i;1D3;;;. The molecular formula is C78H56N23OS+5. The van der Waals surface area contributed by atoms with Crippen LogP contribution in [0.2, 0.25) is 0 Å². The van der Waals surface area contributed by atoms with Crippen molar-refractivity contribution < 1.29 is 31.4 Å². The van der Waals surface area contributed by atoms with Gasteiger partial charge in [-0.15, -0.1) is 4.57 Å². The first-order valence-corrected chi connectivity index (χ1v) is 34.4. The van der Waals surface area contributed by atoms with Crippen molar-refractivity contribution in [3.8, 4) is 62.5 Å². The zero-order chi connectivity index (χ0) is 70.2. The number of pyridine rings is 5. The number of hydrogen-bond donors (Lipinski definition) is 0. The molecule has 103 heavy (non-hydrogen) atoms. The van der Waals surface area contributed by atoms with Gasteiger partial charge in [0.2, 0.25) is 5.52 Å². The van der Waals surface area contributed by atoms with Crippen LogP contribution in [-0.4, -0.2) is 85.5 Å². The molecule has 0 atom stereocenters. The van der Waals surface area contributed by atoms with E-state index >= 15 is 0 Å². The van der Waals surface area contributed by atoms with Crippen molar-refractivity contribution >= 4 is 94.0 Å². The number of oxazole rings is 1. The number of thiazole rings is 1. The van der Waals surface area contributed by atoms with E-state index in [-0.39, 0.29) is 0 Å². The smallest absolute Gasteiger partial charge is 0.379 e. The molecule has 490 valence electrons. The molecule has 21 aromatic rings. The Balaban J connectivity index is 0.0000000830. The molecule has 20 aromatic heterocycles. The van der Waals surface area contributed by atoms with E-state index in [0.717, 1.165) is 128 Å². The van der Waals surface area contributed by atoms with Crippen LogP contribution in [0.25, 0.3) is 145 Å². The molecule has 0 fully saturated rings. The number of benzene rings is 1. The van der Waals surface area contributed by atoms with Crippen LogP contribution in [0, 0.1) is 0 Å². The molecule has 0 spiro atoms. The molecule has 0 unspecified atom stereocenters. The Morgan fingerprint density at radius 2 is 1.00 bits per heavy atom. The summed E-state index contributed by atoms with van der Waals surface area (Å²) < 4.78 is 57.6. The minimum Gasteiger partial charge on any atom is -0.379 e. The number of rotatable bonds is 1. The molecule has 1 aromatic carbocycles. The first-order chi connectivity index (χ1) is 52.1. The second-order valence-electron chi connectivity index (χ2n) is 25.9. The predicted octanol–water partition coefficient (Wildman–Crippen LogP) is 10.1. The third-order valence-corrected chi connectivity index (χ3v) is 21.5. The number of fused-ring (bicyclic) bond motifs is 35. The van der Waals surface area contributed by atoms with E-state index in [9.17, 15) is 0 Å². The Morgan fingerprint density at radius 3 is 1.74 bits per heavy atom. The number of nitrogens with zero attached hydrogens (tertiary/aromatic N) is 23. The van der Waals surface area contributed by atoms with Gasteiger partial charge in [-0.25, -0.2) is 57.0 Å². The maximum Gasteiger partial charge on any atom is 0.402 e. The van der Waals surface area contributed by atoms with Crippen molar-refractivity contribution in [2.45, 2.75) is 32.7 Å². The van der Waals surface area contributed by atoms with E-state index in [2.05, 4.69) is 170 Å². The normalized spacial score (nSPS) is 13.5. The lowest BCUT2D eigenvalue weighted by atomic mass is 10.2. The minimum atomic E-state index is -2.28. The highest BCUT2D eigenvalue weighted by atomic mass is 32.1. The van der Waals surface area contributed by atoms with Gasteiger partial charge in [-0.05, 0) is 72.0 Å². The Bertz CT molecular complexity index is 7090. The second-order valence-corrected chi connectivity index (χ2v) is 26.9. The first kappa shape index (κ1) is 54.1. The topological polar surface area (TPSA) is 198 Å². The molecule has 5 aliphatic heterocycles. The lowest BCUT2D eigenvalue weighted by molar-refractivity contribution is -0.649. The molecule has 26 rings (SSSR count). The third kappa shape index (κ3) is 8.35. The van der Waals surface area contributed by atoms with Crippen molar-refractivity contribution in [3.05, 3.63) is 273 Å². The van der Waals surface area contributed by atoms with Crippen LogP contribution >= 0.6 is 11.3 Å². The van der Waals surface area contributed by atoms with Crippen LogP contribution < -0.4 is 22.8 Å². The Hall–Kier alpha value is -13.8. The van der Waals surface area contributed by atoms with Gasteiger partial charge in [0.1, 0.15) is 34.7 Å². The highest BCUT2D eigenvalue weighted by Crippen LogP contribution is 2.39. The maximum atomic E-state index is 7.99. The molecule has 0 radical (unpaired) electrons. The van der Waals surface area contributed by atoms with Crippen molar-refractivity contribution in [2.24, 2.45) is 14.0 Å². The average Bonchev–Trinajstić information content (AvgIpc) is 1.55. The number of para-hydroxylation sites is 1. The summed E-state index contributed by atoms with van der Waals surface area (Å²) in [4.78, 5) is 44.8. The summed E-state index contributed by atoms with van der Waals surface area (Å²) in [5.41, 5.74) is 27.0. The summed E-state index contributed by atoms with van der Waals surface area (Å²) >= 11 is 1.80. The van der Waals surface area contributed by atoms with Gasteiger partial charge in [0.05, 0.1) is 96.1 Å². The lowest BCUT2D eigenvalue weighted by Crippen LogP contribution is -2.32. The molecule has 0 aliphatic carbocycles. The Labute approximate surface area is 590 Å². The average molecular weight is 1370 g/mol. The molecule has 0 N–H and O–H groups in total. The summed E-state index contributed by atoms with van der Waals surface area (Å²) in [7, 11) is 2.10. The third-order valence-electron chi connectivity index (χ3n) is 20.3. The molecule has 25 heterocycles. The van der Waals surface area contributed by atoms with Crippen molar-refractivity contribution in [3.63, 3.8) is 0 Å². The second kappa shape index (κ2) is 21.8. The van der Waals surface area contributed by atoms with Crippen molar-refractivity contribution in [1.29, 1.82) is 0 Å². The largest absolute Gasteiger partial charge is 0.402 e. The van der Waals surface area contributed by atoms with Crippen LogP contribution in [0.15, 0.2) is 250 Å². The van der Waals surface area contributed by atoms with Crippen LogP contribution in [0.5, 0.6) is 0 Å². The SMILES string of the molecule is C[n+]1c2n(c3cc4cnccn4c31)Cc1cccnc1-2.[2H]C([2H])([2H])n1c2[n+](c3c1cc1ccncn13)Cc1cccnc1-2.c1ccc(-n2c3[n+](c4cc5cnccn5c42)Cc2cccnc2-3)cc1.c1cnc2c(c1)C[n+]1c-2oc2c1cc1cnccn12.c1cnc2c(c1)C[n+]1c-2sc2c1cc1cnccn12. The number of imidazole rings is 3. The fraction of sp³-hybridized carbons (Fsp3) is 0.0897. The predicted molar refractivity (Wildman–Crippen MR) is 384 cm³/mol. The molecule has 25 heteroatoms. The maximum absolute atomic E-state index is 7.99. The quantitative estimate of drug-likeness (QED) is 0.142. The summed E-state index contributed by atoms with van der Waals surface area (Å²) in [6.45, 7) is 1.80.